The smallest absolute Gasteiger partial charge is 0.234 e. The summed E-state index contributed by atoms with van der Waals surface area (Å²) in [6.45, 7) is 6.37. The van der Waals surface area contributed by atoms with Gasteiger partial charge in [0.25, 0.3) is 0 Å². The lowest BCUT2D eigenvalue weighted by atomic mass is 10.1. The van der Waals surface area contributed by atoms with Gasteiger partial charge in [-0.2, -0.15) is 0 Å². The Morgan fingerprint density at radius 3 is 2.68 bits per heavy atom. The first-order valence-electron chi connectivity index (χ1n) is 7.90. The quantitative estimate of drug-likeness (QED) is 0.851. The molecular weight excluding hydrogens is 278 g/mol. The van der Waals surface area contributed by atoms with Gasteiger partial charge in [-0.15, -0.1) is 0 Å². The largest absolute Gasteiger partial charge is 0.497 e. The number of benzene rings is 1. The van der Waals surface area contributed by atoms with Crippen LogP contribution in [0.1, 0.15) is 12.5 Å². The minimum atomic E-state index is 0.116. The van der Waals surface area contributed by atoms with E-state index in [4.69, 9.17) is 4.74 Å². The van der Waals surface area contributed by atoms with Crippen LogP contribution in [0, 0.1) is 0 Å². The molecule has 1 fully saturated rings. The second kappa shape index (κ2) is 8.15. The molecule has 0 aromatic heterocycles. The van der Waals surface area contributed by atoms with Crippen LogP contribution in [0.2, 0.25) is 0 Å². The van der Waals surface area contributed by atoms with Gasteiger partial charge in [0.15, 0.2) is 0 Å². The molecule has 2 rings (SSSR count). The second-order valence-electron chi connectivity index (χ2n) is 6.03. The van der Waals surface area contributed by atoms with Crippen LogP contribution >= 0.6 is 0 Å². The van der Waals surface area contributed by atoms with Crippen LogP contribution in [0.25, 0.3) is 0 Å². The van der Waals surface area contributed by atoms with Gasteiger partial charge in [0, 0.05) is 32.2 Å². The Morgan fingerprint density at radius 2 is 2.05 bits per heavy atom. The summed E-state index contributed by atoms with van der Waals surface area (Å²) in [5.41, 5.74) is 1.20. The van der Waals surface area contributed by atoms with E-state index in [2.05, 4.69) is 29.1 Å². The normalized spacial score (nSPS) is 19.9. The summed E-state index contributed by atoms with van der Waals surface area (Å²) >= 11 is 0. The fourth-order valence-corrected chi connectivity index (χ4v) is 2.79. The third kappa shape index (κ3) is 5.00. The highest BCUT2D eigenvalue weighted by Gasteiger charge is 2.22. The maximum Gasteiger partial charge on any atom is 0.234 e. The van der Waals surface area contributed by atoms with E-state index in [1.54, 1.807) is 7.11 Å². The molecule has 122 valence electrons. The van der Waals surface area contributed by atoms with Gasteiger partial charge in [-0.25, -0.2) is 0 Å². The van der Waals surface area contributed by atoms with Gasteiger partial charge in [-0.3, -0.25) is 9.69 Å². The highest BCUT2D eigenvalue weighted by molar-refractivity contribution is 5.78. The van der Waals surface area contributed by atoms with Crippen molar-refractivity contribution in [3.05, 3.63) is 29.8 Å². The molecule has 1 aliphatic heterocycles. The number of piperazine rings is 1. The molecule has 1 heterocycles. The van der Waals surface area contributed by atoms with E-state index in [1.807, 2.05) is 24.3 Å². The molecule has 5 nitrogen and oxygen atoms in total. The molecule has 5 heteroatoms. The molecule has 0 unspecified atom stereocenters. The number of nitrogens with one attached hydrogen (secondary N) is 1. The van der Waals surface area contributed by atoms with E-state index < -0.39 is 0 Å². The van der Waals surface area contributed by atoms with Gasteiger partial charge in [-0.1, -0.05) is 12.1 Å². The number of ether oxygens (including phenoxy) is 1. The van der Waals surface area contributed by atoms with Crippen LogP contribution in [0.3, 0.4) is 0 Å². The first-order chi connectivity index (χ1) is 10.6. The Kier molecular flexibility index (Phi) is 6.21. The number of rotatable bonds is 6. The van der Waals surface area contributed by atoms with Crippen LogP contribution < -0.4 is 10.1 Å². The van der Waals surface area contributed by atoms with Crippen molar-refractivity contribution in [3.8, 4) is 5.75 Å². The highest BCUT2D eigenvalue weighted by atomic mass is 16.5. The Hall–Kier alpha value is -1.59. The van der Waals surface area contributed by atoms with E-state index in [0.717, 1.165) is 31.8 Å². The number of hydrogen-bond acceptors (Lipinski definition) is 4. The van der Waals surface area contributed by atoms with Crippen molar-refractivity contribution >= 4 is 5.91 Å². The molecule has 1 aromatic rings. The number of carbonyl (C=O) groups is 1. The summed E-state index contributed by atoms with van der Waals surface area (Å²) in [5, 5.41) is 3.01. The SMILES string of the molecule is COc1ccc(CCNC(=O)CN2CCN(C)C[C@H]2C)cc1. The molecule has 1 N–H and O–H groups in total. The van der Waals surface area contributed by atoms with Crippen LogP contribution in [0.15, 0.2) is 24.3 Å². The minimum Gasteiger partial charge on any atom is -0.497 e. The number of likely N-dealkylation sites (N-methyl/N-ethyl adjacent to an activating group) is 1. The Balaban J connectivity index is 1.69. The van der Waals surface area contributed by atoms with Crippen molar-refractivity contribution in [3.63, 3.8) is 0 Å². The van der Waals surface area contributed by atoms with Crippen molar-refractivity contribution in [2.75, 3.05) is 46.9 Å². The number of amides is 1. The summed E-state index contributed by atoms with van der Waals surface area (Å²) in [5.74, 6) is 0.974. The van der Waals surface area contributed by atoms with Gasteiger partial charge in [-0.05, 0) is 38.1 Å². The molecule has 0 aliphatic carbocycles. The summed E-state index contributed by atoms with van der Waals surface area (Å²) in [4.78, 5) is 16.6. The highest BCUT2D eigenvalue weighted by Crippen LogP contribution is 2.11. The maximum atomic E-state index is 12.0. The number of carbonyl (C=O) groups excluding carboxylic acids is 1. The van der Waals surface area contributed by atoms with Crippen LogP contribution in [0.5, 0.6) is 5.75 Å². The van der Waals surface area contributed by atoms with E-state index >= 15 is 0 Å². The van der Waals surface area contributed by atoms with Crippen molar-refractivity contribution in [2.45, 2.75) is 19.4 Å². The zero-order valence-electron chi connectivity index (χ0n) is 13.8. The van der Waals surface area contributed by atoms with Crippen LogP contribution in [-0.2, 0) is 11.2 Å². The van der Waals surface area contributed by atoms with Gasteiger partial charge in [0.1, 0.15) is 5.75 Å². The average Bonchev–Trinajstić information content (AvgIpc) is 2.51. The Morgan fingerprint density at radius 1 is 1.32 bits per heavy atom. The molecule has 1 saturated heterocycles. The number of hydrogen-bond donors (Lipinski definition) is 1. The first kappa shape index (κ1) is 16.8. The molecule has 1 aliphatic rings. The predicted molar refractivity (Wildman–Crippen MR) is 88.2 cm³/mol. The third-order valence-electron chi connectivity index (χ3n) is 4.21. The van der Waals surface area contributed by atoms with Gasteiger partial charge >= 0.3 is 0 Å². The summed E-state index contributed by atoms with van der Waals surface area (Å²) < 4.78 is 5.14. The lowest BCUT2D eigenvalue weighted by Gasteiger charge is -2.37. The monoisotopic (exact) mass is 305 g/mol. The van der Waals surface area contributed by atoms with Crippen LogP contribution in [0.4, 0.5) is 0 Å². The topological polar surface area (TPSA) is 44.8 Å². The van der Waals surface area contributed by atoms with E-state index in [1.165, 1.54) is 5.56 Å². The molecule has 1 atom stereocenters. The van der Waals surface area contributed by atoms with Gasteiger partial charge in [0.05, 0.1) is 13.7 Å². The average molecular weight is 305 g/mol. The molecule has 0 saturated carbocycles. The summed E-state index contributed by atoms with van der Waals surface area (Å²) in [6, 6.07) is 8.40. The second-order valence-corrected chi connectivity index (χ2v) is 6.03. The molecule has 1 amide bonds. The predicted octanol–water partition coefficient (Wildman–Crippen LogP) is 0.990. The van der Waals surface area contributed by atoms with Crippen LogP contribution in [-0.4, -0.2) is 68.6 Å². The Labute approximate surface area is 133 Å². The fourth-order valence-electron chi connectivity index (χ4n) is 2.79. The maximum absolute atomic E-state index is 12.0. The molecular formula is C17H27N3O2. The van der Waals surface area contributed by atoms with Gasteiger partial charge in [0.2, 0.25) is 5.91 Å². The standard InChI is InChI=1S/C17H27N3O2/c1-14-12-19(2)10-11-20(14)13-17(21)18-9-8-15-4-6-16(22-3)7-5-15/h4-7,14H,8-13H2,1-3H3,(H,18,21)/t14-/m1/s1. The molecule has 1 aromatic carbocycles. The summed E-state index contributed by atoms with van der Waals surface area (Å²) in [6.07, 6.45) is 0.841. The minimum absolute atomic E-state index is 0.116. The molecule has 0 radical (unpaired) electrons. The Bertz CT molecular complexity index is 475. The number of methoxy groups -OCH3 is 1. The lowest BCUT2D eigenvalue weighted by Crippen LogP contribution is -2.53. The fraction of sp³-hybridized carbons (Fsp3) is 0.588. The number of nitrogens with zero attached hydrogens (tertiary/aromatic N) is 2. The lowest BCUT2D eigenvalue weighted by molar-refractivity contribution is -0.123. The van der Waals surface area contributed by atoms with Crippen molar-refractivity contribution in [1.82, 2.24) is 15.1 Å². The van der Waals surface area contributed by atoms with Gasteiger partial charge < -0.3 is 15.0 Å². The van der Waals surface area contributed by atoms with Crippen molar-refractivity contribution in [2.24, 2.45) is 0 Å². The van der Waals surface area contributed by atoms with E-state index in [0.29, 0.717) is 19.1 Å². The molecule has 0 bridgehead atoms. The summed E-state index contributed by atoms with van der Waals surface area (Å²) in [7, 11) is 3.79. The van der Waals surface area contributed by atoms with Crippen molar-refractivity contribution in [1.29, 1.82) is 0 Å². The van der Waals surface area contributed by atoms with E-state index in [-0.39, 0.29) is 5.91 Å². The zero-order valence-corrected chi connectivity index (χ0v) is 13.8. The van der Waals surface area contributed by atoms with Crippen molar-refractivity contribution < 1.29 is 9.53 Å². The molecule has 0 spiro atoms. The van der Waals surface area contributed by atoms with E-state index in [9.17, 15) is 4.79 Å². The third-order valence-corrected chi connectivity index (χ3v) is 4.21. The molecule has 22 heavy (non-hydrogen) atoms. The first-order valence-corrected chi connectivity index (χ1v) is 7.90. The zero-order chi connectivity index (χ0) is 15.9.